The molecule has 29 heavy (non-hydrogen) atoms. The molecule has 6 nitrogen and oxygen atoms in total. The SMILES string of the molecule is COc1cccc(-c2nc3ccc(NC(=O)CCOc4ccccc4)cc3o2)c1. The number of hydrogen-bond acceptors (Lipinski definition) is 5. The van der Waals surface area contributed by atoms with Crippen LogP contribution < -0.4 is 14.8 Å². The van der Waals surface area contributed by atoms with Crippen LogP contribution in [0.25, 0.3) is 22.6 Å². The quantitative estimate of drug-likeness (QED) is 0.487. The van der Waals surface area contributed by atoms with E-state index in [0.717, 1.165) is 17.1 Å². The number of para-hydroxylation sites is 1. The van der Waals surface area contributed by atoms with E-state index in [1.807, 2.05) is 60.7 Å². The van der Waals surface area contributed by atoms with Crippen LogP contribution in [0.5, 0.6) is 11.5 Å². The van der Waals surface area contributed by atoms with E-state index < -0.39 is 0 Å². The summed E-state index contributed by atoms with van der Waals surface area (Å²) < 4.78 is 16.7. The summed E-state index contributed by atoms with van der Waals surface area (Å²) in [4.78, 5) is 16.7. The van der Waals surface area contributed by atoms with Gasteiger partial charge >= 0.3 is 0 Å². The van der Waals surface area contributed by atoms with Gasteiger partial charge in [0, 0.05) is 17.3 Å². The van der Waals surface area contributed by atoms with Crippen molar-refractivity contribution in [1.29, 1.82) is 0 Å². The number of aromatic nitrogens is 1. The van der Waals surface area contributed by atoms with Gasteiger partial charge in [-0.05, 0) is 42.5 Å². The summed E-state index contributed by atoms with van der Waals surface area (Å²) in [5, 5.41) is 2.86. The number of ether oxygens (including phenoxy) is 2. The molecular formula is C23H20N2O4. The molecule has 146 valence electrons. The maximum absolute atomic E-state index is 12.2. The molecule has 0 radical (unpaired) electrons. The van der Waals surface area contributed by atoms with Crippen molar-refractivity contribution in [2.45, 2.75) is 6.42 Å². The zero-order valence-electron chi connectivity index (χ0n) is 15.9. The van der Waals surface area contributed by atoms with Crippen LogP contribution in [-0.2, 0) is 4.79 Å². The standard InChI is InChI=1S/C23H20N2O4/c1-27-19-9-5-6-16(14-19)23-25-20-11-10-17(15-21(20)29-23)24-22(26)12-13-28-18-7-3-2-4-8-18/h2-11,14-15H,12-13H2,1H3,(H,24,26). The van der Waals surface area contributed by atoms with E-state index in [4.69, 9.17) is 13.9 Å². The van der Waals surface area contributed by atoms with Gasteiger partial charge < -0.3 is 19.2 Å². The smallest absolute Gasteiger partial charge is 0.227 e. The van der Waals surface area contributed by atoms with Crippen molar-refractivity contribution in [1.82, 2.24) is 4.98 Å². The van der Waals surface area contributed by atoms with Crippen LogP contribution in [0, 0.1) is 0 Å². The molecule has 0 atom stereocenters. The highest BCUT2D eigenvalue weighted by Gasteiger charge is 2.11. The zero-order valence-corrected chi connectivity index (χ0v) is 15.9. The molecule has 6 heteroatoms. The number of fused-ring (bicyclic) bond motifs is 1. The van der Waals surface area contributed by atoms with Crippen LogP contribution in [0.1, 0.15) is 6.42 Å². The van der Waals surface area contributed by atoms with Gasteiger partial charge in [-0.1, -0.05) is 24.3 Å². The van der Waals surface area contributed by atoms with Gasteiger partial charge in [0.1, 0.15) is 17.0 Å². The zero-order chi connectivity index (χ0) is 20.1. The molecule has 0 fully saturated rings. The van der Waals surface area contributed by atoms with Gasteiger partial charge in [-0.15, -0.1) is 0 Å². The van der Waals surface area contributed by atoms with Gasteiger partial charge in [0.2, 0.25) is 11.8 Å². The van der Waals surface area contributed by atoms with E-state index in [0.29, 0.717) is 29.3 Å². The first-order chi connectivity index (χ1) is 14.2. The normalized spacial score (nSPS) is 10.7. The Morgan fingerprint density at radius 3 is 2.66 bits per heavy atom. The maximum atomic E-state index is 12.2. The minimum atomic E-state index is -0.132. The molecule has 1 amide bonds. The molecular weight excluding hydrogens is 368 g/mol. The van der Waals surface area contributed by atoms with Crippen LogP contribution in [0.3, 0.4) is 0 Å². The predicted octanol–water partition coefficient (Wildman–Crippen LogP) is 4.91. The third-order valence-corrected chi connectivity index (χ3v) is 4.33. The van der Waals surface area contributed by atoms with E-state index in [1.165, 1.54) is 0 Å². The molecule has 4 rings (SSSR count). The van der Waals surface area contributed by atoms with Crippen LogP contribution in [-0.4, -0.2) is 24.6 Å². The number of rotatable bonds is 7. The number of amides is 1. The van der Waals surface area contributed by atoms with Crippen LogP contribution in [0.2, 0.25) is 0 Å². The van der Waals surface area contributed by atoms with E-state index in [2.05, 4.69) is 10.3 Å². The lowest BCUT2D eigenvalue weighted by Crippen LogP contribution is -2.15. The lowest BCUT2D eigenvalue weighted by molar-refractivity contribution is -0.116. The Labute approximate surface area is 168 Å². The fourth-order valence-electron chi connectivity index (χ4n) is 2.88. The van der Waals surface area contributed by atoms with Crippen molar-refractivity contribution in [2.24, 2.45) is 0 Å². The van der Waals surface area contributed by atoms with Crippen molar-refractivity contribution in [3.05, 3.63) is 72.8 Å². The molecule has 0 aliphatic rings. The molecule has 1 aromatic heterocycles. The summed E-state index contributed by atoms with van der Waals surface area (Å²) in [6.45, 7) is 0.306. The second-order valence-electron chi connectivity index (χ2n) is 6.39. The Kier molecular flexibility index (Phi) is 5.42. The van der Waals surface area contributed by atoms with Crippen molar-refractivity contribution >= 4 is 22.7 Å². The Morgan fingerprint density at radius 1 is 1.00 bits per heavy atom. The molecule has 0 bridgehead atoms. The highest BCUT2D eigenvalue weighted by Crippen LogP contribution is 2.28. The fraction of sp³-hybridized carbons (Fsp3) is 0.130. The Balaban J connectivity index is 1.41. The molecule has 3 aromatic carbocycles. The average molecular weight is 388 g/mol. The summed E-state index contributed by atoms with van der Waals surface area (Å²) in [7, 11) is 1.62. The molecule has 0 aliphatic heterocycles. The molecule has 0 unspecified atom stereocenters. The Hall–Kier alpha value is -3.80. The number of oxazole rings is 1. The first kappa shape index (κ1) is 18.6. The van der Waals surface area contributed by atoms with Crippen LogP contribution in [0.4, 0.5) is 5.69 Å². The molecule has 1 N–H and O–H groups in total. The summed E-state index contributed by atoms with van der Waals surface area (Å²) >= 11 is 0. The van der Waals surface area contributed by atoms with Crippen molar-refractivity contribution in [3.8, 4) is 23.0 Å². The lowest BCUT2D eigenvalue weighted by atomic mass is 10.2. The van der Waals surface area contributed by atoms with E-state index in [1.54, 1.807) is 19.2 Å². The molecule has 0 saturated heterocycles. The van der Waals surface area contributed by atoms with Gasteiger partial charge in [0.05, 0.1) is 20.1 Å². The lowest BCUT2D eigenvalue weighted by Gasteiger charge is -2.07. The largest absolute Gasteiger partial charge is 0.497 e. The fourth-order valence-corrected chi connectivity index (χ4v) is 2.88. The predicted molar refractivity (Wildman–Crippen MR) is 111 cm³/mol. The van der Waals surface area contributed by atoms with Gasteiger partial charge in [-0.25, -0.2) is 4.98 Å². The highest BCUT2D eigenvalue weighted by atomic mass is 16.5. The minimum Gasteiger partial charge on any atom is -0.497 e. The number of benzene rings is 3. The molecule has 0 saturated carbocycles. The number of carbonyl (C=O) groups is 1. The molecule has 0 aliphatic carbocycles. The average Bonchev–Trinajstić information content (AvgIpc) is 3.18. The number of carbonyl (C=O) groups excluding carboxylic acids is 1. The monoisotopic (exact) mass is 388 g/mol. The Morgan fingerprint density at radius 2 is 1.83 bits per heavy atom. The first-order valence-electron chi connectivity index (χ1n) is 9.24. The molecule has 4 aromatic rings. The Bertz CT molecular complexity index is 1120. The van der Waals surface area contributed by atoms with E-state index in [-0.39, 0.29) is 12.3 Å². The second-order valence-corrected chi connectivity index (χ2v) is 6.39. The third-order valence-electron chi connectivity index (χ3n) is 4.33. The van der Waals surface area contributed by atoms with E-state index >= 15 is 0 Å². The van der Waals surface area contributed by atoms with Crippen molar-refractivity contribution in [2.75, 3.05) is 19.0 Å². The van der Waals surface area contributed by atoms with Crippen molar-refractivity contribution in [3.63, 3.8) is 0 Å². The number of hydrogen-bond donors (Lipinski definition) is 1. The van der Waals surface area contributed by atoms with Gasteiger partial charge in [0.15, 0.2) is 5.58 Å². The number of anilines is 1. The van der Waals surface area contributed by atoms with Gasteiger partial charge in [-0.3, -0.25) is 4.79 Å². The number of methoxy groups -OCH3 is 1. The minimum absolute atomic E-state index is 0.132. The summed E-state index contributed by atoms with van der Waals surface area (Å²) in [5.74, 6) is 1.84. The summed E-state index contributed by atoms with van der Waals surface area (Å²) in [5.41, 5.74) is 2.79. The third kappa shape index (κ3) is 4.55. The summed E-state index contributed by atoms with van der Waals surface area (Å²) in [6.07, 6.45) is 0.248. The van der Waals surface area contributed by atoms with Crippen LogP contribution >= 0.6 is 0 Å². The second kappa shape index (κ2) is 8.48. The highest BCUT2D eigenvalue weighted by molar-refractivity contribution is 5.93. The van der Waals surface area contributed by atoms with Gasteiger partial charge in [-0.2, -0.15) is 0 Å². The van der Waals surface area contributed by atoms with Crippen molar-refractivity contribution < 1.29 is 18.7 Å². The molecule has 1 heterocycles. The van der Waals surface area contributed by atoms with Gasteiger partial charge in [0.25, 0.3) is 0 Å². The number of nitrogens with one attached hydrogen (secondary N) is 1. The maximum Gasteiger partial charge on any atom is 0.227 e. The number of nitrogens with zero attached hydrogens (tertiary/aromatic N) is 1. The van der Waals surface area contributed by atoms with Crippen LogP contribution in [0.15, 0.2) is 77.2 Å². The topological polar surface area (TPSA) is 73.6 Å². The molecule has 0 spiro atoms. The first-order valence-corrected chi connectivity index (χ1v) is 9.24. The summed E-state index contributed by atoms with van der Waals surface area (Å²) in [6, 6.07) is 22.3. The van der Waals surface area contributed by atoms with E-state index in [9.17, 15) is 4.79 Å².